The van der Waals surface area contributed by atoms with E-state index in [1.165, 1.54) is 0 Å². The Hall–Kier alpha value is -3.28. The molecule has 0 radical (unpaired) electrons. The summed E-state index contributed by atoms with van der Waals surface area (Å²) in [6.45, 7) is 3.04. The van der Waals surface area contributed by atoms with E-state index < -0.39 is 0 Å². The molecule has 0 atom stereocenters. The van der Waals surface area contributed by atoms with Gasteiger partial charge in [-0.3, -0.25) is 9.59 Å². The number of piperidine rings is 1. The van der Waals surface area contributed by atoms with Gasteiger partial charge in [0.2, 0.25) is 5.91 Å². The minimum Gasteiger partial charge on any atom is -0.497 e. The largest absolute Gasteiger partial charge is 0.497 e. The summed E-state index contributed by atoms with van der Waals surface area (Å²) in [7, 11) is 1.61. The van der Waals surface area contributed by atoms with Crippen molar-refractivity contribution in [3.05, 3.63) is 65.4 Å². The average Bonchev–Trinajstić information content (AvgIpc) is 3.13. The second kappa shape index (κ2) is 9.25. The Morgan fingerprint density at radius 1 is 1.13 bits per heavy atom. The fraction of sp³-hybridized carbons (Fsp3) is 0.360. The van der Waals surface area contributed by atoms with Crippen LogP contribution in [0.3, 0.4) is 0 Å². The molecule has 1 N–H and O–H groups in total. The van der Waals surface area contributed by atoms with Gasteiger partial charge >= 0.3 is 0 Å². The monoisotopic (exact) mass is 420 g/mol. The lowest BCUT2D eigenvalue weighted by Gasteiger charge is -2.32. The van der Waals surface area contributed by atoms with Crippen LogP contribution >= 0.6 is 0 Å². The number of carbonyl (C=O) groups is 2. The standard InChI is InChI=1S/C25H28N2O4/c1-17-24(21-16-20(30-2)9-10-22(21)31-17)25(29)27-14-12-19(13-15-27)26-23(28)11-8-18-6-4-3-5-7-18/h3-7,9-10,16,19H,8,11-15H2,1-2H3,(H,26,28). The Bertz CT molecular complexity index is 1070. The molecule has 0 spiro atoms. The van der Waals surface area contributed by atoms with Crippen molar-refractivity contribution in [1.29, 1.82) is 0 Å². The van der Waals surface area contributed by atoms with Crippen molar-refractivity contribution in [2.24, 2.45) is 0 Å². The highest BCUT2D eigenvalue weighted by atomic mass is 16.5. The number of carbonyl (C=O) groups excluding carboxylic acids is 2. The molecule has 1 aliphatic rings. The molecular formula is C25H28N2O4. The smallest absolute Gasteiger partial charge is 0.258 e. The molecule has 6 heteroatoms. The van der Waals surface area contributed by atoms with Crippen LogP contribution in [-0.2, 0) is 11.2 Å². The number of hydrogen-bond acceptors (Lipinski definition) is 4. The van der Waals surface area contributed by atoms with E-state index in [-0.39, 0.29) is 17.9 Å². The highest BCUT2D eigenvalue weighted by Gasteiger charge is 2.28. The number of furan rings is 1. The molecule has 4 rings (SSSR count). The number of methoxy groups -OCH3 is 1. The first kappa shape index (κ1) is 21.0. The molecule has 1 fully saturated rings. The van der Waals surface area contributed by atoms with Crippen LogP contribution in [0.2, 0.25) is 0 Å². The Kier molecular flexibility index (Phi) is 6.26. The predicted molar refractivity (Wildman–Crippen MR) is 119 cm³/mol. The van der Waals surface area contributed by atoms with Gasteiger partial charge < -0.3 is 19.4 Å². The Balaban J connectivity index is 1.33. The summed E-state index contributed by atoms with van der Waals surface area (Å²) < 4.78 is 11.1. The summed E-state index contributed by atoms with van der Waals surface area (Å²) in [4.78, 5) is 27.4. The van der Waals surface area contributed by atoms with Crippen LogP contribution in [0.1, 0.15) is 40.9 Å². The molecule has 31 heavy (non-hydrogen) atoms. The van der Waals surface area contributed by atoms with Gasteiger partial charge in [0.15, 0.2) is 0 Å². The number of rotatable bonds is 6. The van der Waals surface area contributed by atoms with Gasteiger partial charge in [-0.1, -0.05) is 30.3 Å². The highest BCUT2D eigenvalue weighted by Crippen LogP contribution is 2.30. The van der Waals surface area contributed by atoms with Crippen molar-refractivity contribution in [1.82, 2.24) is 10.2 Å². The van der Waals surface area contributed by atoms with E-state index in [0.29, 0.717) is 42.2 Å². The molecule has 2 aromatic carbocycles. The fourth-order valence-corrected chi connectivity index (χ4v) is 4.18. The first-order valence-electron chi connectivity index (χ1n) is 10.7. The van der Waals surface area contributed by atoms with Gasteiger partial charge in [-0.25, -0.2) is 0 Å². The quantitative estimate of drug-likeness (QED) is 0.652. The fourth-order valence-electron chi connectivity index (χ4n) is 4.18. The van der Waals surface area contributed by atoms with Crippen LogP contribution in [0, 0.1) is 6.92 Å². The Morgan fingerprint density at radius 3 is 2.58 bits per heavy atom. The maximum absolute atomic E-state index is 13.2. The molecule has 3 aromatic rings. The van der Waals surface area contributed by atoms with Gasteiger partial charge in [-0.05, 0) is 49.9 Å². The van der Waals surface area contributed by atoms with Gasteiger partial charge in [0, 0.05) is 30.9 Å². The molecule has 162 valence electrons. The number of fused-ring (bicyclic) bond motifs is 1. The molecule has 1 saturated heterocycles. The SMILES string of the molecule is COc1ccc2oc(C)c(C(=O)N3CCC(NC(=O)CCc4ccccc4)CC3)c2c1. The van der Waals surface area contributed by atoms with E-state index in [1.54, 1.807) is 7.11 Å². The summed E-state index contributed by atoms with van der Waals surface area (Å²) in [5, 5.41) is 3.90. The van der Waals surface area contributed by atoms with Crippen LogP contribution in [0.4, 0.5) is 0 Å². The van der Waals surface area contributed by atoms with E-state index in [0.717, 1.165) is 30.2 Å². The molecule has 6 nitrogen and oxygen atoms in total. The van der Waals surface area contributed by atoms with Gasteiger partial charge in [0.25, 0.3) is 5.91 Å². The lowest BCUT2D eigenvalue weighted by molar-refractivity contribution is -0.122. The third-order valence-electron chi connectivity index (χ3n) is 5.92. The number of hydrogen-bond donors (Lipinski definition) is 1. The third kappa shape index (κ3) is 4.74. The lowest BCUT2D eigenvalue weighted by atomic mass is 10.0. The van der Waals surface area contributed by atoms with Crippen molar-refractivity contribution in [3.63, 3.8) is 0 Å². The molecule has 1 aromatic heterocycles. The average molecular weight is 421 g/mol. The van der Waals surface area contributed by atoms with E-state index in [4.69, 9.17) is 9.15 Å². The van der Waals surface area contributed by atoms with Crippen molar-refractivity contribution >= 4 is 22.8 Å². The Labute approximate surface area is 182 Å². The normalized spacial score (nSPS) is 14.6. The predicted octanol–water partition coefficient (Wildman–Crippen LogP) is 4.10. The van der Waals surface area contributed by atoms with Crippen LogP contribution in [0.15, 0.2) is 52.9 Å². The summed E-state index contributed by atoms with van der Waals surface area (Å²) >= 11 is 0. The lowest BCUT2D eigenvalue weighted by Crippen LogP contribution is -2.46. The maximum Gasteiger partial charge on any atom is 0.258 e. The van der Waals surface area contributed by atoms with Gasteiger partial charge in [-0.2, -0.15) is 0 Å². The van der Waals surface area contributed by atoms with Crippen molar-refractivity contribution in [2.75, 3.05) is 20.2 Å². The minimum absolute atomic E-state index is 0.0293. The first-order chi connectivity index (χ1) is 15.0. The summed E-state index contributed by atoms with van der Waals surface area (Å²) in [6, 6.07) is 15.6. The minimum atomic E-state index is -0.0293. The highest BCUT2D eigenvalue weighted by molar-refractivity contribution is 6.07. The molecule has 2 amide bonds. The number of amides is 2. The zero-order valence-electron chi connectivity index (χ0n) is 18.0. The molecule has 0 saturated carbocycles. The van der Waals surface area contributed by atoms with Crippen LogP contribution in [0.25, 0.3) is 11.0 Å². The summed E-state index contributed by atoms with van der Waals surface area (Å²) in [5.41, 5.74) is 2.44. The zero-order chi connectivity index (χ0) is 21.8. The van der Waals surface area contributed by atoms with Gasteiger partial charge in [-0.15, -0.1) is 0 Å². The number of nitrogens with zero attached hydrogens (tertiary/aromatic N) is 1. The molecule has 1 aliphatic heterocycles. The van der Waals surface area contributed by atoms with Crippen LogP contribution in [-0.4, -0.2) is 43.0 Å². The van der Waals surface area contributed by atoms with E-state index in [2.05, 4.69) is 5.32 Å². The van der Waals surface area contributed by atoms with Crippen LogP contribution < -0.4 is 10.1 Å². The maximum atomic E-state index is 13.2. The number of nitrogens with one attached hydrogen (secondary N) is 1. The second-order valence-corrected chi connectivity index (χ2v) is 8.01. The topological polar surface area (TPSA) is 71.8 Å². The number of likely N-dealkylation sites (tertiary alicyclic amines) is 1. The number of ether oxygens (including phenoxy) is 1. The van der Waals surface area contributed by atoms with Crippen molar-refractivity contribution < 1.29 is 18.7 Å². The first-order valence-corrected chi connectivity index (χ1v) is 10.7. The molecule has 2 heterocycles. The number of benzene rings is 2. The molecule has 0 unspecified atom stereocenters. The van der Waals surface area contributed by atoms with Gasteiger partial charge in [0.05, 0.1) is 12.7 Å². The molecule has 0 aliphatic carbocycles. The summed E-state index contributed by atoms with van der Waals surface area (Å²) in [6.07, 6.45) is 2.72. The second-order valence-electron chi connectivity index (χ2n) is 8.01. The Morgan fingerprint density at radius 2 is 1.87 bits per heavy atom. The van der Waals surface area contributed by atoms with E-state index in [1.807, 2.05) is 60.4 Å². The van der Waals surface area contributed by atoms with Crippen LogP contribution in [0.5, 0.6) is 5.75 Å². The third-order valence-corrected chi connectivity index (χ3v) is 5.92. The number of aryl methyl sites for hydroxylation is 2. The van der Waals surface area contributed by atoms with Crippen molar-refractivity contribution in [2.45, 2.75) is 38.6 Å². The van der Waals surface area contributed by atoms with E-state index in [9.17, 15) is 9.59 Å². The van der Waals surface area contributed by atoms with Crippen molar-refractivity contribution in [3.8, 4) is 5.75 Å². The van der Waals surface area contributed by atoms with E-state index >= 15 is 0 Å². The zero-order valence-corrected chi connectivity index (χ0v) is 18.0. The summed E-state index contributed by atoms with van der Waals surface area (Å²) in [5.74, 6) is 1.35. The molecule has 0 bridgehead atoms. The van der Waals surface area contributed by atoms with Gasteiger partial charge in [0.1, 0.15) is 17.1 Å². The molecular weight excluding hydrogens is 392 g/mol.